The van der Waals surface area contributed by atoms with Gasteiger partial charge in [0, 0.05) is 18.8 Å². The first-order valence-corrected chi connectivity index (χ1v) is 11.4. The monoisotopic (exact) mass is 446 g/mol. The van der Waals surface area contributed by atoms with Gasteiger partial charge in [-0.15, -0.1) is 0 Å². The lowest BCUT2D eigenvalue weighted by Gasteiger charge is -2.38. The van der Waals surface area contributed by atoms with Crippen LogP contribution in [0.15, 0.2) is 40.5 Å². The maximum atomic E-state index is 13.6. The van der Waals surface area contributed by atoms with Gasteiger partial charge in [0.15, 0.2) is 0 Å². The molecular formula is C20H24N6O4S. The molecule has 0 radical (unpaired) electrons. The number of anilines is 1. The predicted octanol–water partition coefficient (Wildman–Crippen LogP) is 0.444. The Morgan fingerprint density at radius 2 is 2.16 bits per heavy atom. The van der Waals surface area contributed by atoms with E-state index in [1.54, 1.807) is 18.0 Å². The number of sulfonamides is 1. The van der Waals surface area contributed by atoms with Crippen molar-refractivity contribution in [2.45, 2.75) is 42.7 Å². The number of aliphatic hydroxyl groups excluding tert-OH is 1. The van der Waals surface area contributed by atoms with Gasteiger partial charge in [-0.25, -0.2) is 13.1 Å². The van der Waals surface area contributed by atoms with Gasteiger partial charge in [-0.1, -0.05) is 0 Å². The van der Waals surface area contributed by atoms with Crippen molar-refractivity contribution in [1.29, 1.82) is 0 Å². The molecule has 31 heavy (non-hydrogen) atoms. The molecule has 0 bridgehead atoms. The minimum Gasteiger partial charge on any atom is -0.394 e. The lowest BCUT2D eigenvalue weighted by atomic mass is 10.1. The third-order valence-electron chi connectivity index (χ3n) is 5.78. The molecule has 0 spiro atoms. The van der Waals surface area contributed by atoms with E-state index >= 15 is 0 Å². The van der Waals surface area contributed by atoms with Gasteiger partial charge in [-0.2, -0.15) is 5.10 Å². The molecule has 3 heterocycles. The van der Waals surface area contributed by atoms with E-state index in [4.69, 9.17) is 2.74 Å². The second kappa shape index (κ2) is 6.87. The number of aryl methyl sites for hydroxylation is 1. The number of aliphatic imine (C=N–C) groups is 1. The highest BCUT2D eigenvalue weighted by atomic mass is 32.2. The Hall–Kier alpha value is -2.76. The first-order chi connectivity index (χ1) is 15.5. The summed E-state index contributed by atoms with van der Waals surface area (Å²) < 4.78 is 47.4. The van der Waals surface area contributed by atoms with E-state index in [1.807, 2.05) is 6.92 Å². The number of rotatable bonds is 6. The van der Waals surface area contributed by atoms with Gasteiger partial charge in [0.25, 0.3) is 5.91 Å². The van der Waals surface area contributed by atoms with Gasteiger partial charge in [0.1, 0.15) is 0 Å². The number of benzene rings is 1. The minimum absolute atomic E-state index is 0.0622. The summed E-state index contributed by atoms with van der Waals surface area (Å²) in [7, 11) is -2.35. The molecular weight excluding hydrogens is 420 g/mol. The topological polar surface area (TPSA) is 120 Å². The molecule has 3 aliphatic rings. The van der Waals surface area contributed by atoms with E-state index in [2.05, 4.69) is 14.8 Å². The van der Waals surface area contributed by atoms with Gasteiger partial charge in [0.05, 0.1) is 56.3 Å². The summed E-state index contributed by atoms with van der Waals surface area (Å²) in [4.78, 5) is 20.7. The van der Waals surface area contributed by atoms with Crippen LogP contribution in [0.3, 0.4) is 0 Å². The van der Waals surface area contributed by atoms with Crippen LogP contribution < -0.4 is 9.62 Å². The van der Waals surface area contributed by atoms with Crippen LogP contribution in [-0.2, 0) is 23.6 Å². The summed E-state index contributed by atoms with van der Waals surface area (Å²) in [6, 6.07) is 4.08. The Morgan fingerprint density at radius 1 is 1.39 bits per heavy atom. The molecule has 5 rings (SSSR count). The van der Waals surface area contributed by atoms with Gasteiger partial charge in [-0.05, 0) is 38.0 Å². The molecule has 1 aromatic heterocycles. The molecule has 1 saturated carbocycles. The third kappa shape index (κ3) is 3.33. The summed E-state index contributed by atoms with van der Waals surface area (Å²) in [6.45, 7) is -0.312. The van der Waals surface area contributed by atoms with E-state index < -0.39 is 28.0 Å². The highest BCUT2D eigenvalue weighted by Gasteiger charge is 2.46. The van der Waals surface area contributed by atoms with Crippen molar-refractivity contribution in [2.24, 2.45) is 12.0 Å². The number of guanidine groups is 1. The number of carbonyl (C=O) groups is 1. The molecule has 10 nitrogen and oxygen atoms in total. The van der Waals surface area contributed by atoms with E-state index in [-0.39, 0.29) is 34.6 Å². The maximum Gasteiger partial charge on any atom is 0.263 e. The highest BCUT2D eigenvalue weighted by Crippen LogP contribution is 2.38. The standard InChI is InChI=1S/C20H24N6O4S/c1-13-8-21-19-25(11-14-9-22-24(2)10-14)18(28)16-7-15(3-4-17(16)26(13)19)31(29,30)23-20(12-27)5-6-20/h3-4,7,9-10,13,23,27H,5-6,8,11-12H2,1-2H3/t13-/m1/s1/i11D2. The fraction of sp³-hybridized carbons (Fsp3) is 0.450. The Kier molecular flexibility index (Phi) is 3.96. The van der Waals surface area contributed by atoms with Crippen LogP contribution in [0.25, 0.3) is 0 Å². The fourth-order valence-electron chi connectivity index (χ4n) is 3.86. The minimum atomic E-state index is -4.00. The predicted molar refractivity (Wildman–Crippen MR) is 113 cm³/mol. The smallest absolute Gasteiger partial charge is 0.263 e. The van der Waals surface area contributed by atoms with Crippen molar-refractivity contribution in [3.05, 3.63) is 41.7 Å². The number of amides is 1. The van der Waals surface area contributed by atoms with Crippen LogP contribution in [-0.4, -0.2) is 64.8 Å². The van der Waals surface area contributed by atoms with Crippen molar-refractivity contribution < 1.29 is 21.1 Å². The van der Waals surface area contributed by atoms with Gasteiger partial charge < -0.3 is 10.0 Å². The van der Waals surface area contributed by atoms with Crippen molar-refractivity contribution in [2.75, 3.05) is 18.1 Å². The number of nitrogens with one attached hydrogen (secondary N) is 1. The zero-order chi connectivity index (χ0) is 23.8. The maximum absolute atomic E-state index is 13.6. The number of hydrogen-bond donors (Lipinski definition) is 2. The zero-order valence-corrected chi connectivity index (χ0v) is 17.9. The second-order valence-electron chi connectivity index (χ2n) is 8.24. The molecule has 0 unspecified atom stereocenters. The van der Waals surface area contributed by atoms with E-state index in [9.17, 15) is 18.3 Å². The van der Waals surface area contributed by atoms with Gasteiger partial charge >= 0.3 is 0 Å². The van der Waals surface area contributed by atoms with Crippen LogP contribution in [0, 0.1) is 0 Å². The number of aliphatic hydroxyl groups is 1. The van der Waals surface area contributed by atoms with E-state index in [0.29, 0.717) is 25.1 Å². The largest absolute Gasteiger partial charge is 0.394 e. The van der Waals surface area contributed by atoms with Crippen LogP contribution in [0.2, 0.25) is 0 Å². The Balaban J connectivity index is 1.60. The SMILES string of the molecule is [2H]C([2H])(c1cnn(C)c1)N1C(=O)c2cc(S(=O)(=O)NC3(CO)CC3)ccc2N2C1=NC[C@H]2C. The first-order valence-electron chi connectivity index (χ1n) is 11.0. The van der Waals surface area contributed by atoms with Crippen LogP contribution >= 0.6 is 0 Å². The van der Waals surface area contributed by atoms with Crippen molar-refractivity contribution in [3.8, 4) is 0 Å². The fourth-order valence-corrected chi connectivity index (χ4v) is 5.34. The lowest BCUT2D eigenvalue weighted by molar-refractivity contribution is 0.0832. The molecule has 11 heteroatoms. The molecule has 164 valence electrons. The molecule has 2 aliphatic heterocycles. The van der Waals surface area contributed by atoms with Crippen molar-refractivity contribution in [3.63, 3.8) is 0 Å². The lowest BCUT2D eigenvalue weighted by Crippen LogP contribution is -2.52. The van der Waals surface area contributed by atoms with Gasteiger partial charge in [0.2, 0.25) is 16.0 Å². The average molecular weight is 447 g/mol. The molecule has 1 amide bonds. The molecule has 2 aromatic rings. The molecule has 1 fully saturated rings. The number of fused-ring (bicyclic) bond motifs is 3. The average Bonchev–Trinajstić information content (AvgIpc) is 3.19. The van der Waals surface area contributed by atoms with Gasteiger partial charge in [-0.3, -0.25) is 19.4 Å². The Morgan fingerprint density at radius 3 is 2.81 bits per heavy atom. The summed E-state index contributed by atoms with van der Waals surface area (Å²) in [5.74, 6) is -0.511. The Labute approximate surface area is 183 Å². The molecule has 1 aromatic carbocycles. The molecule has 0 saturated heterocycles. The number of aromatic nitrogens is 2. The van der Waals surface area contributed by atoms with Crippen molar-refractivity contribution >= 4 is 27.6 Å². The van der Waals surface area contributed by atoms with E-state index in [0.717, 1.165) is 4.90 Å². The zero-order valence-electron chi connectivity index (χ0n) is 19.1. The third-order valence-corrected chi connectivity index (χ3v) is 7.35. The molecule has 2 N–H and O–H groups in total. The number of hydrogen-bond acceptors (Lipinski definition) is 7. The molecule has 1 aliphatic carbocycles. The number of carbonyl (C=O) groups excluding carboxylic acids is 1. The highest BCUT2D eigenvalue weighted by molar-refractivity contribution is 7.89. The summed E-state index contributed by atoms with van der Waals surface area (Å²) >= 11 is 0. The second-order valence-corrected chi connectivity index (χ2v) is 9.92. The molecule has 1 atom stereocenters. The Bertz CT molecular complexity index is 1290. The summed E-state index contributed by atoms with van der Waals surface area (Å²) in [5, 5.41) is 13.5. The van der Waals surface area contributed by atoms with Crippen LogP contribution in [0.1, 0.15) is 38.4 Å². The normalized spacial score (nSPS) is 23.1. The number of nitrogens with zero attached hydrogens (tertiary/aromatic N) is 5. The van der Waals surface area contributed by atoms with Crippen molar-refractivity contribution in [1.82, 2.24) is 19.4 Å². The summed E-state index contributed by atoms with van der Waals surface area (Å²) in [6.07, 6.45) is 3.91. The van der Waals surface area contributed by atoms with Crippen LogP contribution in [0.4, 0.5) is 5.69 Å². The quantitative estimate of drug-likeness (QED) is 0.665. The van der Waals surface area contributed by atoms with Crippen LogP contribution in [0.5, 0.6) is 0 Å². The summed E-state index contributed by atoms with van der Waals surface area (Å²) in [5.41, 5.74) is -0.143. The van der Waals surface area contributed by atoms with E-state index in [1.165, 1.54) is 29.2 Å². The first kappa shape index (κ1) is 17.9.